The molecule has 2 N–H and O–H groups in total. The number of carbonyl (C=O) groups is 1. The van der Waals surface area contributed by atoms with Gasteiger partial charge in [0.05, 0.1) is 6.04 Å². The molecule has 0 bridgehead atoms. The highest BCUT2D eigenvalue weighted by Crippen LogP contribution is 2.16. The van der Waals surface area contributed by atoms with E-state index in [9.17, 15) is 4.79 Å². The predicted molar refractivity (Wildman–Crippen MR) is 96.2 cm³/mol. The highest BCUT2D eigenvalue weighted by Gasteiger charge is 2.24. The van der Waals surface area contributed by atoms with Gasteiger partial charge < -0.3 is 20.4 Å². The lowest BCUT2D eigenvalue weighted by atomic mass is 9.96. The van der Waals surface area contributed by atoms with Crippen LogP contribution in [0.25, 0.3) is 0 Å². The van der Waals surface area contributed by atoms with Gasteiger partial charge in [-0.05, 0) is 65.3 Å². The molecule has 2 saturated heterocycles. The van der Waals surface area contributed by atoms with Crippen LogP contribution in [0.2, 0.25) is 0 Å². The van der Waals surface area contributed by atoms with Crippen molar-refractivity contribution in [3.63, 3.8) is 0 Å². The number of rotatable bonds is 6. The van der Waals surface area contributed by atoms with E-state index in [1.54, 1.807) is 0 Å². The molecule has 2 rings (SSSR count). The minimum Gasteiger partial charge on any atom is -0.354 e. The first-order chi connectivity index (χ1) is 9.65. The Balaban J connectivity index is 0.00000220. The molecule has 22 heavy (non-hydrogen) atoms. The van der Waals surface area contributed by atoms with Gasteiger partial charge in [-0.25, -0.2) is 0 Å². The molecule has 1 atom stereocenters. The zero-order valence-electron chi connectivity index (χ0n) is 13.8. The van der Waals surface area contributed by atoms with Gasteiger partial charge in [0.15, 0.2) is 0 Å². The molecule has 0 aromatic carbocycles. The lowest BCUT2D eigenvalue weighted by molar-refractivity contribution is -0.123. The summed E-state index contributed by atoms with van der Waals surface area (Å²) in [4.78, 5) is 16.7. The molecule has 0 aromatic rings. The molecule has 1 amide bonds. The van der Waals surface area contributed by atoms with Gasteiger partial charge in [-0.15, -0.1) is 24.8 Å². The average Bonchev–Trinajstić information content (AvgIpc) is 2.98. The van der Waals surface area contributed by atoms with E-state index >= 15 is 0 Å². The van der Waals surface area contributed by atoms with Gasteiger partial charge in [0.25, 0.3) is 0 Å². The molecular formula is C15H32Cl2N4O. The first-order valence-corrected chi connectivity index (χ1v) is 8.03. The Kier molecular flexibility index (Phi) is 11.4. The fraction of sp³-hybridized carbons (Fsp3) is 0.933. The summed E-state index contributed by atoms with van der Waals surface area (Å²) in [5.41, 5.74) is 0. The van der Waals surface area contributed by atoms with Gasteiger partial charge in [-0.2, -0.15) is 0 Å². The molecule has 0 saturated carbocycles. The monoisotopic (exact) mass is 354 g/mol. The first kappa shape index (κ1) is 21.9. The van der Waals surface area contributed by atoms with E-state index < -0.39 is 0 Å². The number of likely N-dealkylation sites (N-methyl/N-ethyl adjacent to an activating group) is 1. The van der Waals surface area contributed by atoms with Gasteiger partial charge in [-0.1, -0.05) is 0 Å². The highest BCUT2D eigenvalue weighted by atomic mass is 35.5. The second-order valence-corrected chi connectivity index (χ2v) is 6.48. The number of amides is 1. The maximum absolute atomic E-state index is 11.9. The molecule has 2 heterocycles. The molecule has 2 fully saturated rings. The molecule has 132 valence electrons. The van der Waals surface area contributed by atoms with Crippen molar-refractivity contribution in [2.75, 3.05) is 53.4 Å². The van der Waals surface area contributed by atoms with E-state index in [2.05, 4.69) is 34.5 Å². The largest absolute Gasteiger partial charge is 0.354 e. The van der Waals surface area contributed by atoms with Gasteiger partial charge in [0.1, 0.15) is 0 Å². The second kappa shape index (κ2) is 11.5. The van der Waals surface area contributed by atoms with Crippen molar-refractivity contribution in [2.24, 2.45) is 5.92 Å². The molecule has 7 heteroatoms. The third-order valence-corrected chi connectivity index (χ3v) is 4.51. The third-order valence-electron chi connectivity index (χ3n) is 4.51. The Labute approximate surface area is 147 Å². The molecule has 5 nitrogen and oxygen atoms in total. The van der Waals surface area contributed by atoms with Gasteiger partial charge >= 0.3 is 0 Å². The summed E-state index contributed by atoms with van der Waals surface area (Å²) < 4.78 is 0. The quantitative estimate of drug-likeness (QED) is 0.746. The Hall–Kier alpha value is -0.0700. The van der Waals surface area contributed by atoms with Crippen LogP contribution in [-0.2, 0) is 4.79 Å². The van der Waals surface area contributed by atoms with E-state index in [-0.39, 0.29) is 36.8 Å². The fourth-order valence-electron chi connectivity index (χ4n) is 3.03. The van der Waals surface area contributed by atoms with Crippen molar-refractivity contribution in [3.8, 4) is 0 Å². The van der Waals surface area contributed by atoms with Gasteiger partial charge in [0, 0.05) is 19.6 Å². The zero-order valence-corrected chi connectivity index (χ0v) is 15.5. The molecule has 0 aromatic heterocycles. The molecule has 2 aliphatic rings. The third kappa shape index (κ3) is 7.47. The Morgan fingerprint density at radius 3 is 2.45 bits per heavy atom. The van der Waals surface area contributed by atoms with E-state index in [4.69, 9.17) is 0 Å². The van der Waals surface area contributed by atoms with E-state index in [0.717, 1.165) is 39.0 Å². The molecule has 0 radical (unpaired) electrons. The summed E-state index contributed by atoms with van der Waals surface area (Å²) in [7, 11) is 4.25. The van der Waals surface area contributed by atoms with E-state index in [1.807, 2.05) is 0 Å². The van der Waals surface area contributed by atoms with Crippen molar-refractivity contribution in [2.45, 2.75) is 31.7 Å². The van der Waals surface area contributed by atoms with Crippen molar-refractivity contribution < 1.29 is 4.79 Å². The SMILES string of the molecule is CN(C)CCN1CCC(CNC(=O)[C@@H]2CCCN2)CC1.Cl.Cl. The Morgan fingerprint density at radius 1 is 1.23 bits per heavy atom. The van der Waals surface area contributed by atoms with Gasteiger partial charge in [-0.3, -0.25) is 4.79 Å². The first-order valence-electron chi connectivity index (χ1n) is 8.03. The minimum atomic E-state index is 0. The Morgan fingerprint density at radius 2 is 1.91 bits per heavy atom. The van der Waals surface area contributed by atoms with Crippen LogP contribution >= 0.6 is 24.8 Å². The van der Waals surface area contributed by atoms with Crippen molar-refractivity contribution in [1.29, 1.82) is 0 Å². The predicted octanol–water partition coefficient (Wildman–Crippen LogP) is 0.972. The number of halogens is 2. The van der Waals surface area contributed by atoms with Crippen LogP contribution in [-0.4, -0.2) is 75.1 Å². The number of piperidine rings is 1. The van der Waals surface area contributed by atoms with Crippen LogP contribution in [0.5, 0.6) is 0 Å². The summed E-state index contributed by atoms with van der Waals surface area (Å²) in [6.45, 7) is 6.50. The lowest BCUT2D eigenvalue weighted by Gasteiger charge is -2.32. The molecule has 0 aliphatic carbocycles. The second-order valence-electron chi connectivity index (χ2n) is 6.48. The summed E-state index contributed by atoms with van der Waals surface area (Å²) in [6, 6.07) is 0.0650. The van der Waals surface area contributed by atoms with Crippen molar-refractivity contribution >= 4 is 30.7 Å². The standard InChI is InChI=1S/C15H30N4O.2ClH/c1-18(2)10-11-19-8-5-13(6-9-19)12-17-15(20)14-4-3-7-16-14;;/h13-14,16H,3-12H2,1-2H3,(H,17,20);2*1H/t14-;;/m0../s1. The van der Waals surface area contributed by atoms with Crippen molar-refractivity contribution in [1.82, 2.24) is 20.4 Å². The number of likely N-dealkylation sites (tertiary alicyclic amines) is 1. The molecule has 0 spiro atoms. The average molecular weight is 355 g/mol. The number of hydrogen-bond donors (Lipinski definition) is 2. The summed E-state index contributed by atoms with van der Waals surface area (Å²) in [5.74, 6) is 0.869. The van der Waals surface area contributed by atoms with Crippen LogP contribution in [0.1, 0.15) is 25.7 Å². The summed E-state index contributed by atoms with van der Waals surface area (Å²) in [5, 5.41) is 6.38. The number of nitrogens with one attached hydrogen (secondary N) is 2. The molecule has 2 aliphatic heterocycles. The molecular weight excluding hydrogens is 323 g/mol. The van der Waals surface area contributed by atoms with E-state index in [0.29, 0.717) is 5.92 Å². The van der Waals surface area contributed by atoms with Crippen molar-refractivity contribution in [3.05, 3.63) is 0 Å². The lowest BCUT2D eigenvalue weighted by Crippen LogP contribution is -2.44. The van der Waals surface area contributed by atoms with Crippen LogP contribution < -0.4 is 10.6 Å². The number of hydrogen-bond acceptors (Lipinski definition) is 4. The maximum Gasteiger partial charge on any atom is 0.237 e. The van der Waals surface area contributed by atoms with E-state index in [1.165, 1.54) is 25.9 Å². The Bertz CT molecular complexity index is 304. The van der Waals surface area contributed by atoms with Crippen LogP contribution in [0.3, 0.4) is 0 Å². The summed E-state index contributed by atoms with van der Waals surface area (Å²) in [6.07, 6.45) is 4.55. The maximum atomic E-state index is 11.9. The summed E-state index contributed by atoms with van der Waals surface area (Å²) >= 11 is 0. The molecule has 0 unspecified atom stereocenters. The number of nitrogens with zero attached hydrogens (tertiary/aromatic N) is 2. The van der Waals surface area contributed by atoms with Gasteiger partial charge in [0.2, 0.25) is 5.91 Å². The van der Waals surface area contributed by atoms with Crippen LogP contribution in [0.4, 0.5) is 0 Å². The van der Waals surface area contributed by atoms with Crippen LogP contribution in [0, 0.1) is 5.92 Å². The smallest absolute Gasteiger partial charge is 0.237 e. The normalized spacial score (nSPS) is 23.0. The van der Waals surface area contributed by atoms with Crippen LogP contribution in [0.15, 0.2) is 0 Å². The zero-order chi connectivity index (χ0) is 14.4. The number of carbonyl (C=O) groups excluding carboxylic acids is 1. The highest BCUT2D eigenvalue weighted by molar-refractivity contribution is 5.85. The topological polar surface area (TPSA) is 47.6 Å². The minimum absolute atomic E-state index is 0. The fourth-order valence-corrected chi connectivity index (χ4v) is 3.03.